The number of fused-ring (bicyclic) bond motifs is 1. The van der Waals surface area contributed by atoms with Gasteiger partial charge in [-0.25, -0.2) is 13.2 Å². The Balaban J connectivity index is 1.43. The second-order valence-corrected chi connectivity index (χ2v) is 6.03. The highest BCUT2D eigenvalue weighted by molar-refractivity contribution is 5.65. The molecule has 5 nitrogen and oxygen atoms in total. The minimum atomic E-state index is -1.24. The van der Waals surface area contributed by atoms with Crippen LogP contribution in [0.4, 0.5) is 13.2 Å². The van der Waals surface area contributed by atoms with Crippen LogP contribution in [-0.4, -0.2) is 22.3 Å². The normalized spacial score (nSPS) is 15.3. The van der Waals surface area contributed by atoms with Gasteiger partial charge in [-0.3, -0.25) is 9.36 Å². The van der Waals surface area contributed by atoms with E-state index in [2.05, 4.69) is 4.98 Å². The van der Waals surface area contributed by atoms with Crippen LogP contribution in [0, 0.1) is 17.5 Å². The van der Waals surface area contributed by atoms with E-state index in [1.165, 1.54) is 18.2 Å². The van der Waals surface area contributed by atoms with Crippen molar-refractivity contribution in [3.05, 3.63) is 76.5 Å². The van der Waals surface area contributed by atoms with Gasteiger partial charge in [0.2, 0.25) is 0 Å². The maximum absolute atomic E-state index is 13.9. The Hall–Kier alpha value is -3.29. The van der Waals surface area contributed by atoms with Crippen LogP contribution in [0.5, 0.6) is 11.8 Å². The highest BCUT2D eigenvalue weighted by Gasteiger charge is 2.23. The lowest BCUT2D eigenvalue weighted by molar-refractivity contribution is 0.143. The van der Waals surface area contributed by atoms with E-state index in [0.29, 0.717) is 23.9 Å². The summed E-state index contributed by atoms with van der Waals surface area (Å²) in [6.45, 7) is 0.703. The van der Waals surface area contributed by atoms with Gasteiger partial charge in [0.1, 0.15) is 18.2 Å². The van der Waals surface area contributed by atoms with Gasteiger partial charge in [0, 0.05) is 23.9 Å². The minimum Gasteiger partial charge on any atom is -0.490 e. The maximum atomic E-state index is 13.9. The van der Waals surface area contributed by atoms with E-state index < -0.39 is 17.5 Å². The number of benzene rings is 2. The van der Waals surface area contributed by atoms with E-state index in [1.807, 2.05) is 0 Å². The molecule has 1 aliphatic heterocycles. The Bertz CT molecular complexity index is 1050. The number of rotatable bonds is 4. The first-order chi connectivity index (χ1) is 13.0. The second kappa shape index (κ2) is 6.79. The number of hydrogen-bond acceptors (Lipinski definition) is 4. The molecule has 0 bridgehead atoms. The van der Waals surface area contributed by atoms with Crippen LogP contribution in [-0.2, 0) is 6.54 Å². The third-order valence-electron chi connectivity index (χ3n) is 4.12. The fourth-order valence-electron chi connectivity index (χ4n) is 2.82. The summed E-state index contributed by atoms with van der Waals surface area (Å²) in [4.78, 5) is 15.0. The minimum absolute atomic E-state index is 0.162. The van der Waals surface area contributed by atoms with Crippen molar-refractivity contribution in [3.63, 3.8) is 0 Å². The Morgan fingerprint density at radius 3 is 2.70 bits per heavy atom. The number of nitrogens with zero attached hydrogens (tertiary/aromatic N) is 2. The van der Waals surface area contributed by atoms with E-state index in [9.17, 15) is 18.0 Å². The van der Waals surface area contributed by atoms with Crippen LogP contribution in [0.2, 0.25) is 0 Å². The van der Waals surface area contributed by atoms with Crippen molar-refractivity contribution < 1.29 is 22.6 Å². The molecule has 27 heavy (non-hydrogen) atoms. The molecule has 0 amide bonds. The topological polar surface area (TPSA) is 53.4 Å². The summed E-state index contributed by atoms with van der Waals surface area (Å²) >= 11 is 0. The fourth-order valence-corrected chi connectivity index (χ4v) is 2.82. The van der Waals surface area contributed by atoms with Gasteiger partial charge >= 0.3 is 0 Å². The first kappa shape index (κ1) is 17.1. The second-order valence-electron chi connectivity index (χ2n) is 6.03. The van der Waals surface area contributed by atoms with Gasteiger partial charge < -0.3 is 9.47 Å². The maximum Gasteiger partial charge on any atom is 0.300 e. The van der Waals surface area contributed by atoms with Crippen LogP contribution >= 0.6 is 0 Å². The quantitative estimate of drug-likeness (QED) is 0.659. The highest BCUT2D eigenvalue weighted by atomic mass is 19.2. The molecule has 0 fully saturated rings. The third kappa shape index (κ3) is 3.51. The zero-order chi connectivity index (χ0) is 19.0. The van der Waals surface area contributed by atoms with Gasteiger partial charge in [-0.1, -0.05) is 12.1 Å². The van der Waals surface area contributed by atoms with Gasteiger partial charge in [0.05, 0.1) is 6.54 Å². The Kier molecular flexibility index (Phi) is 4.31. The van der Waals surface area contributed by atoms with Gasteiger partial charge in [-0.15, -0.1) is 0 Å². The highest BCUT2D eigenvalue weighted by Crippen LogP contribution is 2.27. The van der Waals surface area contributed by atoms with Crippen molar-refractivity contribution in [1.29, 1.82) is 0 Å². The molecule has 1 atom stereocenters. The van der Waals surface area contributed by atoms with Gasteiger partial charge in [0.15, 0.2) is 17.7 Å². The van der Waals surface area contributed by atoms with Crippen LogP contribution in [0.1, 0.15) is 0 Å². The molecule has 2 heterocycles. The van der Waals surface area contributed by atoms with E-state index >= 15 is 0 Å². The molecule has 8 heteroatoms. The molecular weight excluding hydrogens is 361 g/mol. The van der Waals surface area contributed by atoms with E-state index in [0.717, 1.165) is 6.07 Å². The van der Waals surface area contributed by atoms with E-state index in [1.54, 1.807) is 22.9 Å². The molecule has 0 saturated carbocycles. The van der Waals surface area contributed by atoms with Crippen LogP contribution in [0.25, 0.3) is 11.1 Å². The number of halogens is 3. The number of ether oxygens (including phenoxy) is 2. The fraction of sp³-hybridized carbons (Fsp3) is 0.158. The molecule has 2 aromatic carbocycles. The summed E-state index contributed by atoms with van der Waals surface area (Å²) < 4.78 is 53.4. The lowest BCUT2D eigenvalue weighted by Gasteiger charge is -2.12. The van der Waals surface area contributed by atoms with Crippen molar-refractivity contribution in [2.24, 2.45) is 0 Å². The van der Waals surface area contributed by atoms with E-state index in [-0.39, 0.29) is 29.8 Å². The smallest absolute Gasteiger partial charge is 0.300 e. The Morgan fingerprint density at radius 1 is 1.15 bits per heavy atom. The number of aromatic nitrogens is 2. The van der Waals surface area contributed by atoms with Crippen LogP contribution < -0.4 is 15.0 Å². The average Bonchev–Trinajstić information content (AvgIpc) is 3.05. The first-order valence-electron chi connectivity index (χ1n) is 8.11. The Morgan fingerprint density at radius 2 is 1.93 bits per heavy atom. The van der Waals surface area contributed by atoms with Gasteiger partial charge in [-0.2, -0.15) is 4.98 Å². The summed E-state index contributed by atoms with van der Waals surface area (Å²) in [5.74, 6) is -2.72. The summed E-state index contributed by atoms with van der Waals surface area (Å²) in [5, 5.41) is 0. The monoisotopic (exact) mass is 374 g/mol. The molecular formula is C19H13F3N2O3. The molecule has 138 valence electrons. The van der Waals surface area contributed by atoms with E-state index in [4.69, 9.17) is 9.47 Å². The first-order valence-corrected chi connectivity index (χ1v) is 8.11. The largest absolute Gasteiger partial charge is 0.490 e. The van der Waals surface area contributed by atoms with Crippen molar-refractivity contribution >= 4 is 0 Å². The molecule has 0 N–H and O–H groups in total. The Labute approximate surface area is 151 Å². The third-order valence-corrected chi connectivity index (χ3v) is 4.12. The molecule has 1 aromatic heterocycles. The summed E-state index contributed by atoms with van der Waals surface area (Å²) in [5.41, 5.74) is -0.213. The average molecular weight is 374 g/mol. The molecule has 0 saturated heterocycles. The van der Waals surface area contributed by atoms with Crippen molar-refractivity contribution in [3.8, 4) is 22.9 Å². The zero-order valence-corrected chi connectivity index (χ0v) is 13.9. The molecule has 1 aliphatic rings. The molecule has 0 spiro atoms. The predicted molar refractivity (Wildman–Crippen MR) is 90.2 cm³/mol. The summed E-state index contributed by atoms with van der Waals surface area (Å²) in [6, 6.07) is 9.19. The van der Waals surface area contributed by atoms with Gasteiger partial charge in [-0.05, 0) is 23.8 Å². The molecule has 3 aromatic rings. The van der Waals surface area contributed by atoms with Crippen molar-refractivity contribution in [2.45, 2.75) is 12.6 Å². The summed E-state index contributed by atoms with van der Waals surface area (Å²) in [7, 11) is 0. The predicted octanol–water partition coefficient (Wildman–Crippen LogP) is 3.17. The van der Waals surface area contributed by atoms with Crippen molar-refractivity contribution in [1.82, 2.24) is 9.55 Å². The SMILES string of the molecule is O=c1ccn2c(n1)O[C@H](COc1ccc(-c3cc(F)cc(F)c3F)cc1)C2. The molecule has 0 unspecified atom stereocenters. The molecule has 0 radical (unpaired) electrons. The molecule has 0 aliphatic carbocycles. The number of hydrogen-bond donors (Lipinski definition) is 0. The van der Waals surface area contributed by atoms with Crippen LogP contribution in [0.3, 0.4) is 0 Å². The van der Waals surface area contributed by atoms with Gasteiger partial charge in [0.25, 0.3) is 11.6 Å². The van der Waals surface area contributed by atoms with Crippen LogP contribution in [0.15, 0.2) is 53.5 Å². The van der Waals surface area contributed by atoms with Crippen molar-refractivity contribution in [2.75, 3.05) is 6.61 Å². The standard InChI is InChI=1S/C19H13F3N2O3/c20-12-7-15(18(22)16(21)8-12)11-1-3-13(4-2-11)26-10-14-9-24-6-5-17(25)23-19(24)27-14/h1-8,14H,9-10H2/t14-/m0/s1. The lowest BCUT2D eigenvalue weighted by atomic mass is 10.0. The zero-order valence-electron chi connectivity index (χ0n) is 13.9. The lowest BCUT2D eigenvalue weighted by Crippen LogP contribution is -2.23. The summed E-state index contributed by atoms with van der Waals surface area (Å²) in [6.07, 6.45) is 1.29. The molecule has 4 rings (SSSR count).